The molecule has 0 unspecified atom stereocenters. The Morgan fingerprint density at radius 2 is 2.06 bits per heavy atom. The molecule has 17 heavy (non-hydrogen) atoms. The van der Waals surface area contributed by atoms with E-state index in [4.69, 9.17) is 5.84 Å². The lowest BCUT2D eigenvalue weighted by Gasteiger charge is -2.04. The van der Waals surface area contributed by atoms with Crippen LogP contribution in [-0.4, -0.2) is 19.9 Å². The second kappa shape index (κ2) is 5.55. The third kappa shape index (κ3) is 3.36. The summed E-state index contributed by atoms with van der Waals surface area (Å²) >= 11 is 1.49. The molecule has 0 bridgehead atoms. The largest absolute Gasteiger partial charge is 0.308 e. The quantitative estimate of drug-likeness (QED) is 0.363. The van der Waals surface area contributed by atoms with Gasteiger partial charge in [-0.3, -0.25) is 0 Å². The van der Waals surface area contributed by atoms with Crippen LogP contribution in [0.3, 0.4) is 0 Å². The molecule has 0 amide bonds. The molecule has 6 nitrogen and oxygen atoms in total. The van der Waals surface area contributed by atoms with Crippen LogP contribution < -0.4 is 11.3 Å². The number of nitrogens with one attached hydrogen (secondary N) is 1. The molecule has 0 aliphatic rings. The Morgan fingerprint density at radius 3 is 2.76 bits per heavy atom. The van der Waals surface area contributed by atoms with E-state index in [0.29, 0.717) is 22.6 Å². The summed E-state index contributed by atoms with van der Waals surface area (Å²) in [7, 11) is 0. The Balaban J connectivity index is 2.06. The maximum atomic E-state index is 5.32. The molecular formula is C10H12N6S. The number of nitrogens with zero attached hydrogens (tertiary/aromatic N) is 4. The predicted octanol–water partition coefficient (Wildman–Crippen LogP) is 1.15. The van der Waals surface area contributed by atoms with Gasteiger partial charge in [0.15, 0.2) is 5.16 Å². The van der Waals surface area contributed by atoms with Crippen LogP contribution in [0, 0.1) is 6.92 Å². The smallest absolute Gasteiger partial charge is 0.187 e. The van der Waals surface area contributed by atoms with Crippen LogP contribution in [0.25, 0.3) is 0 Å². The van der Waals surface area contributed by atoms with Gasteiger partial charge in [0.25, 0.3) is 0 Å². The number of rotatable bonds is 4. The summed E-state index contributed by atoms with van der Waals surface area (Å²) in [4.78, 5) is 16.8. The normalized spacial score (nSPS) is 10.2. The molecule has 0 aliphatic heterocycles. The van der Waals surface area contributed by atoms with E-state index in [1.807, 2.05) is 6.92 Å². The van der Waals surface area contributed by atoms with E-state index in [1.54, 1.807) is 24.5 Å². The van der Waals surface area contributed by atoms with Gasteiger partial charge in [-0.25, -0.2) is 25.8 Å². The first-order valence-electron chi connectivity index (χ1n) is 4.99. The van der Waals surface area contributed by atoms with Crippen molar-refractivity contribution < 1.29 is 0 Å². The summed E-state index contributed by atoms with van der Waals surface area (Å²) in [5.74, 6) is 7.25. The van der Waals surface area contributed by atoms with E-state index in [9.17, 15) is 0 Å². The molecule has 2 aromatic heterocycles. The topological polar surface area (TPSA) is 89.6 Å². The monoisotopic (exact) mass is 248 g/mol. The molecule has 2 heterocycles. The summed E-state index contributed by atoms with van der Waals surface area (Å²) in [5.41, 5.74) is 3.39. The van der Waals surface area contributed by atoms with Crippen molar-refractivity contribution in [2.45, 2.75) is 17.8 Å². The van der Waals surface area contributed by atoms with Crippen LogP contribution in [0.5, 0.6) is 0 Å². The number of hydrazine groups is 1. The highest BCUT2D eigenvalue weighted by atomic mass is 32.2. The highest BCUT2D eigenvalue weighted by Gasteiger charge is 2.03. The third-order valence-corrected chi connectivity index (χ3v) is 2.79. The van der Waals surface area contributed by atoms with E-state index >= 15 is 0 Å². The van der Waals surface area contributed by atoms with Crippen molar-refractivity contribution in [3.05, 3.63) is 36.0 Å². The van der Waals surface area contributed by atoms with Crippen molar-refractivity contribution >= 4 is 17.6 Å². The van der Waals surface area contributed by atoms with Gasteiger partial charge >= 0.3 is 0 Å². The number of aryl methyl sites for hydroxylation is 1. The Morgan fingerprint density at radius 1 is 1.29 bits per heavy atom. The molecule has 88 valence electrons. The highest BCUT2D eigenvalue weighted by Crippen LogP contribution is 2.17. The molecule has 0 saturated heterocycles. The summed E-state index contributed by atoms with van der Waals surface area (Å²) < 4.78 is 0. The number of aromatic nitrogens is 4. The van der Waals surface area contributed by atoms with Gasteiger partial charge in [0, 0.05) is 24.2 Å². The minimum Gasteiger partial charge on any atom is -0.308 e. The van der Waals surface area contributed by atoms with Gasteiger partial charge in [0.05, 0.1) is 5.75 Å². The average Bonchev–Trinajstić information content (AvgIpc) is 2.37. The van der Waals surface area contributed by atoms with Gasteiger partial charge in [-0.2, -0.15) is 0 Å². The Labute approximate surface area is 103 Å². The van der Waals surface area contributed by atoms with Gasteiger partial charge in [0.2, 0.25) is 0 Å². The maximum Gasteiger partial charge on any atom is 0.187 e. The zero-order valence-corrected chi connectivity index (χ0v) is 10.1. The van der Waals surface area contributed by atoms with Gasteiger partial charge < -0.3 is 5.43 Å². The van der Waals surface area contributed by atoms with E-state index in [-0.39, 0.29) is 0 Å². The molecule has 0 aliphatic carbocycles. The van der Waals surface area contributed by atoms with Crippen LogP contribution in [0.4, 0.5) is 5.82 Å². The van der Waals surface area contributed by atoms with Crippen molar-refractivity contribution in [3.8, 4) is 0 Å². The minimum absolute atomic E-state index is 0.611. The Hall–Kier alpha value is -1.73. The number of hydrogen-bond donors (Lipinski definition) is 2. The van der Waals surface area contributed by atoms with Crippen molar-refractivity contribution in [2.75, 3.05) is 5.43 Å². The zero-order chi connectivity index (χ0) is 12.1. The SMILES string of the molecule is Cc1cc(NN)nc(CSc2ncccn2)n1. The second-order valence-corrected chi connectivity index (χ2v) is 4.22. The molecule has 0 fully saturated rings. The number of nitrogen functional groups attached to an aromatic ring is 1. The first-order chi connectivity index (χ1) is 8.28. The maximum absolute atomic E-state index is 5.32. The summed E-state index contributed by atoms with van der Waals surface area (Å²) in [6.07, 6.45) is 3.42. The Kier molecular flexibility index (Phi) is 3.84. The minimum atomic E-state index is 0.611. The van der Waals surface area contributed by atoms with Crippen molar-refractivity contribution in [1.82, 2.24) is 19.9 Å². The fourth-order valence-electron chi connectivity index (χ4n) is 1.26. The molecule has 7 heteroatoms. The molecule has 2 rings (SSSR count). The summed E-state index contributed by atoms with van der Waals surface area (Å²) in [6, 6.07) is 3.57. The van der Waals surface area contributed by atoms with Gasteiger partial charge in [-0.15, -0.1) is 0 Å². The fraction of sp³-hybridized carbons (Fsp3) is 0.200. The van der Waals surface area contributed by atoms with E-state index in [0.717, 1.165) is 5.69 Å². The van der Waals surface area contributed by atoms with E-state index < -0.39 is 0 Å². The van der Waals surface area contributed by atoms with E-state index in [1.165, 1.54) is 11.8 Å². The molecular weight excluding hydrogens is 236 g/mol. The molecule has 0 aromatic carbocycles. The Bertz CT molecular complexity index is 489. The predicted molar refractivity (Wildman–Crippen MR) is 66.2 cm³/mol. The van der Waals surface area contributed by atoms with Crippen LogP contribution in [0.1, 0.15) is 11.5 Å². The van der Waals surface area contributed by atoms with Crippen LogP contribution in [0.2, 0.25) is 0 Å². The lowest BCUT2D eigenvalue weighted by molar-refractivity contribution is 0.951. The number of thioether (sulfide) groups is 1. The summed E-state index contributed by atoms with van der Waals surface area (Å²) in [5, 5.41) is 0.708. The molecule has 0 radical (unpaired) electrons. The first kappa shape index (κ1) is 11.7. The number of anilines is 1. The van der Waals surface area contributed by atoms with Gasteiger partial charge in [-0.05, 0) is 13.0 Å². The first-order valence-corrected chi connectivity index (χ1v) is 5.97. The zero-order valence-electron chi connectivity index (χ0n) is 9.29. The lowest BCUT2D eigenvalue weighted by Crippen LogP contribution is -2.10. The molecule has 0 saturated carbocycles. The molecule has 3 N–H and O–H groups in total. The van der Waals surface area contributed by atoms with Crippen molar-refractivity contribution in [3.63, 3.8) is 0 Å². The van der Waals surface area contributed by atoms with Crippen LogP contribution in [0.15, 0.2) is 29.7 Å². The molecule has 0 spiro atoms. The van der Waals surface area contributed by atoms with Gasteiger partial charge in [0.1, 0.15) is 11.6 Å². The fourth-order valence-corrected chi connectivity index (χ4v) is 1.92. The average molecular weight is 248 g/mol. The molecule has 0 atom stereocenters. The number of nitrogens with two attached hydrogens (primary N) is 1. The third-order valence-electron chi connectivity index (χ3n) is 1.92. The van der Waals surface area contributed by atoms with Crippen molar-refractivity contribution in [1.29, 1.82) is 0 Å². The lowest BCUT2D eigenvalue weighted by atomic mass is 10.4. The second-order valence-electron chi connectivity index (χ2n) is 3.28. The van der Waals surface area contributed by atoms with Crippen LogP contribution >= 0.6 is 11.8 Å². The number of hydrogen-bond acceptors (Lipinski definition) is 7. The summed E-state index contributed by atoms with van der Waals surface area (Å²) in [6.45, 7) is 1.90. The molecule has 2 aromatic rings. The standard InChI is InChI=1S/C10H12N6S/c1-7-5-8(16-11)15-9(14-7)6-17-10-12-3-2-4-13-10/h2-5H,6,11H2,1H3,(H,14,15,16). The van der Waals surface area contributed by atoms with Crippen molar-refractivity contribution in [2.24, 2.45) is 5.84 Å². The van der Waals surface area contributed by atoms with E-state index in [2.05, 4.69) is 25.4 Å². The van der Waals surface area contributed by atoms with Gasteiger partial charge in [-0.1, -0.05) is 11.8 Å². The highest BCUT2D eigenvalue weighted by molar-refractivity contribution is 7.98. The van der Waals surface area contributed by atoms with Crippen LogP contribution in [-0.2, 0) is 5.75 Å².